The van der Waals surface area contributed by atoms with Gasteiger partial charge in [0.15, 0.2) is 5.65 Å². The van der Waals surface area contributed by atoms with Gasteiger partial charge in [0.2, 0.25) is 5.91 Å². The van der Waals surface area contributed by atoms with E-state index in [4.69, 9.17) is 0 Å². The third-order valence-corrected chi connectivity index (χ3v) is 4.92. The molecule has 0 bridgehead atoms. The summed E-state index contributed by atoms with van der Waals surface area (Å²) in [4.78, 5) is 31.6. The SMILES string of the molecule is CC[C@@H](C)N(Cc1ccccc1)C(=O)CCn1cnc2c(cnn2C)c1=O. The van der Waals surface area contributed by atoms with Crippen molar-refractivity contribution in [3.63, 3.8) is 0 Å². The largest absolute Gasteiger partial charge is 0.336 e. The summed E-state index contributed by atoms with van der Waals surface area (Å²) < 4.78 is 3.05. The maximum Gasteiger partial charge on any atom is 0.264 e. The minimum absolute atomic E-state index is 0.0337. The molecule has 0 aliphatic carbocycles. The summed E-state index contributed by atoms with van der Waals surface area (Å²) in [5.41, 5.74) is 1.48. The van der Waals surface area contributed by atoms with Crippen LogP contribution < -0.4 is 5.56 Å². The van der Waals surface area contributed by atoms with Gasteiger partial charge in [-0.3, -0.25) is 18.8 Å². The molecule has 142 valence electrons. The summed E-state index contributed by atoms with van der Waals surface area (Å²) in [5.74, 6) is 0.0337. The molecule has 0 spiro atoms. The second-order valence-electron chi connectivity index (χ2n) is 6.76. The number of rotatable bonds is 7. The van der Waals surface area contributed by atoms with Crippen molar-refractivity contribution in [2.75, 3.05) is 0 Å². The summed E-state index contributed by atoms with van der Waals surface area (Å²) in [6, 6.07) is 10.1. The number of carbonyl (C=O) groups excluding carboxylic acids is 1. The second kappa shape index (κ2) is 8.16. The molecule has 2 heterocycles. The Balaban J connectivity index is 1.74. The fourth-order valence-corrected chi connectivity index (χ4v) is 3.08. The first-order chi connectivity index (χ1) is 13.0. The molecule has 3 rings (SSSR count). The highest BCUT2D eigenvalue weighted by molar-refractivity contribution is 5.76. The zero-order chi connectivity index (χ0) is 19.4. The summed E-state index contributed by atoms with van der Waals surface area (Å²) >= 11 is 0. The van der Waals surface area contributed by atoms with Gasteiger partial charge >= 0.3 is 0 Å². The third-order valence-electron chi connectivity index (χ3n) is 4.92. The average molecular weight is 367 g/mol. The van der Waals surface area contributed by atoms with Crippen LogP contribution in [0, 0.1) is 0 Å². The predicted molar refractivity (Wildman–Crippen MR) is 104 cm³/mol. The van der Waals surface area contributed by atoms with Crippen molar-refractivity contribution >= 4 is 16.9 Å². The first-order valence-electron chi connectivity index (χ1n) is 9.21. The van der Waals surface area contributed by atoms with E-state index in [-0.39, 0.29) is 23.9 Å². The first-order valence-corrected chi connectivity index (χ1v) is 9.21. The van der Waals surface area contributed by atoms with Gasteiger partial charge in [-0.2, -0.15) is 5.10 Å². The topological polar surface area (TPSA) is 73.0 Å². The van der Waals surface area contributed by atoms with Crippen molar-refractivity contribution < 1.29 is 4.79 Å². The van der Waals surface area contributed by atoms with E-state index < -0.39 is 0 Å². The lowest BCUT2D eigenvalue weighted by molar-refractivity contribution is -0.134. The van der Waals surface area contributed by atoms with E-state index in [2.05, 4.69) is 23.9 Å². The molecule has 2 aromatic heterocycles. The zero-order valence-electron chi connectivity index (χ0n) is 16.0. The number of hydrogen-bond donors (Lipinski definition) is 0. The lowest BCUT2D eigenvalue weighted by Gasteiger charge is -2.29. The molecular formula is C20H25N5O2. The van der Waals surface area contributed by atoms with Gasteiger partial charge in [-0.1, -0.05) is 37.3 Å². The lowest BCUT2D eigenvalue weighted by atomic mass is 10.1. The number of hydrogen-bond acceptors (Lipinski definition) is 4. The Hall–Kier alpha value is -2.96. The van der Waals surface area contributed by atoms with Crippen LogP contribution in [-0.2, 0) is 24.9 Å². The summed E-state index contributed by atoms with van der Waals surface area (Å²) in [5, 5.41) is 4.54. The van der Waals surface area contributed by atoms with E-state index in [9.17, 15) is 9.59 Å². The molecule has 0 N–H and O–H groups in total. The van der Waals surface area contributed by atoms with Gasteiger partial charge in [0.25, 0.3) is 5.56 Å². The molecule has 0 unspecified atom stereocenters. The molecule has 0 aliphatic heterocycles. The van der Waals surface area contributed by atoms with Gasteiger partial charge in [-0.25, -0.2) is 4.98 Å². The first kappa shape index (κ1) is 18.8. The Morgan fingerprint density at radius 2 is 2.00 bits per heavy atom. The molecule has 27 heavy (non-hydrogen) atoms. The van der Waals surface area contributed by atoms with Gasteiger partial charge in [-0.05, 0) is 18.9 Å². The summed E-state index contributed by atoms with van der Waals surface area (Å²) in [6.45, 7) is 5.00. The van der Waals surface area contributed by atoms with E-state index in [1.165, 1.54) is 17.1 Å². The van der Waals surface area contributed by atoms with Crippen LogP contribution in [0.15, 0.2) is 47.7 Å². The van der Waals surface area contributed by atoms with Crippen LogP contribution in [0.3, 0.4) is 0 Å². The van der Waals surface area contributed by atoms with E-state index in [1.807, 2.05) is 35.2 Å². The maximum atomic E-state index is 12.9. The number of aryl methyl sites for hydroxylation is 2. The van der Waals surface area contributed by atoms with Crippen LogP contribution in [-0.4, -0.2) is 36.2 Å². The summed E-state index contributed by atoms with van der Waals surface area (Å²) in [6.07, 6.45) is 4.14. The van der Waals surface area contributed by atoms with Gasteiger partial charge in [0.05, 0.1) is 12.5 Å². The standard InChI is InChI=1S/C20H25N5O2/c1-4-15(2)25(13-16-8-6-5-7-9-16)18(26)10-11-24-14-21-19-17(20(24)27)12-22-23(19)3/h5-9,12,14-15H,4,10-11,13H2,1-3H3/t15-/m1/s1. The molecule has 1 amide bonds. The fourth-order valence-electron chi connectivity index (χ4n) is 3.08. The Morgan fingerprint density at radius 1 is 1.26 bits per heavy atom. The minimum atomic E-state index is -0.168. The number of carbonyl (C=O) groups is 1. The Labute approximate surface area is 158 Å². The molecule has 0 saturated heterocycles. The van der Waals surface area contributed by atoms with Crippen molar-refractivity contribution in [2.24, 2.45) is 7.05 Å². The van der Waals surface area contributed by atoms with Crippen LogP contribution >= 0.6 is 0 Å². The Kier molecular flexibility index (Phi) is 5.69. The molecule has 0 aliphatic rings. The molecule has 7 heteroatoms. The Bertz CT molecular complexity index is 977. The molecule has 0 saturated carbocycles. The van der Waals surface area contributed by atoms with Crippen LogP contribution in [0.4, 0.5) is 0 Å². The fraction of sp³-hybridized carbons (Fsp3) is 0.400. The van der Waals surface area contributed by atoms with Crippen molar-refractivity contribution in [3.8, 4) is 0 Å². The van der Waals surface area contributed by atoms with Gasteiger partial charge in [0.1, 0.15) is 5.39 Å². The molecule has 3 aromatic rings. The number of aromatic nitrogens is 4. The smallest absolute Gasteiger partial charge is 0.264 e. The van der Waals surface area contributed by atoms with Gasteiger partial charge in [-0.15, -0.1) is 0 Å². The molecule has 0 radical (unpaired) electrons. The number of nitrogens with zero attached hydrogens (tertiary/aromatic N) is 5. The van der Waals surface area contributed by atoms with Gasteiger partial charge < -0.3 is 4.90 Å². The number of benzene rings is 1. The van der Waals surface area contributed by atoms with Crippen LogP contribution in [0.5, 0.6) is 0 Å². The number of amides is 1. The third kappa shape index (κ3) is 4.07. The predicted octanol–water partition coefficient (Wildman–Crippen LogP) is 2.35. The molecule has 1 aromatic carbocycles. The van der Waals surface area contributed by atoms with E-state index in [1.54, 1.807) is 11.7 Å². The van der Waals surface area contributed by atoms with Gasteiger partial charge in [0, 0.05) is 32.6 Å². The molecule has 0 fully saturated rings. The van der Waals surface area contributed by atoms with E-state index >= 15 is 0 Å². The molecule has 7 nitrogen and oxygen atoms in total. The zero-order valence-corrected chi connectivity index (χ0v) is 16.0. The highest BCUT2D eigenvalue weighted by Crippen LogP contribution is 2.13. The van der Waals surface area contributed by atoms with Crippen LogP contribution in [0.2, 0.25) is 0 Å². The van der Waals surface area contributed by atoms with Crippen LogP contribution in [0.1, 0.15) is 32.3 Å². The van der Waals surface area contributed by atoms with E-state index in [0.29, 0.717) is 24.1 Å². The number of fused-ring (bicyclic) bond motifs is 1. The summed E-state index contributed by atoms with van der Waals surface area (Å²) in [7, 11) is 1.75. The average Bonchev–Trinajstić information content (AvgIpc) is 3.07. The maximum absolute atomic E-state index is 12.9. The van der Waals surface area contributed by atoms with Crippen molar-refractivity contribution in [1.29, 1.82) is 0 Å². The highest BCUT2D eigenvalue weighted by atomic mass is 16.2. The monoisotopic (exact) mass is 367 g/mol. The highest BCUT2D eigenvalue weighted by Gasteiger charge is 2.19. The molecule has 1 atom stereocenters. The van der Waals surface area contributed by atoms with E-state index in [0.717, 1.165) is 12.0 Å². The van der Waals surface area contributed by atoms with Crippen molar-refractivity contribution in [1.82, 2.24) is 24.2 Å². The molecular weight excluding hydrogens is 342 g/mol. The van der Waals surface area contributed by atoms with Crippen LogP contribution in [0.25, 0.3) is 11.0 Å². The van der Waals surface area contributed by atoms with Crippen molar-refractivity contribution in [3.05, 3.63) is 58.8 Å². The van der Waals surface area contributed by atoms with Crippen molar-refractivity contribution in [2.45, 2.75) is 45.8 Å². The Morgan fingerprint density at radius 3 is 2.70 bits per heavy atom. The normalized spacial score (nSPS) is 12.3. The lowest BCUT2D eigenvalue weighted by Crippen LogP contribution is -2.38. The minimum Gasteiger partial charge on any atom is -0.336 e. The quantitative estimate of drug-likeness (QED) is 0.642. The second-order valence-corrected chi connectivity index (χ2v) is 6.76.